The molecular weight excluding hydrogens is 304 g/mol. The molecule has 0 bridgehead atoms. The lowest BCUT2D eigenvalue weighted by molar-refractivity contribution is -0.297. The molecule has 0 N–H and O–H groups in total. The molecule has 4 heteroatoms. The van der Waals surface area contributed by atoms with Gasteiger partial charge in [0.05, 0.1) is 0 Å². The predicted molar refractivity (Wildman–Crippen MR) is 88.6 cm³/mol. The highest BCUT2D eigenvalue weighted by atomic mass is 16.8. The summed E-state index contributed by atoms with van der Waals surface area (Å²) in [5.74, 6) is 1.04. The molecule has 0 amide bonds. The van der Waals surface area contributed by atoms with Crippen molar-refractivity contribution >= 4 is 0 Å². The second kappa shape index (κ2) is 6.15. The highest BCUT2D eigenvalue weighted by Gasteiger charge is 2.45. The molecule has 2 aromatic rings. The minimum Gasteiger partial charge on any atom is -0.463 e. The van der Waals surface area contributed by atoms with Gasteiger partial charge in [-0.1, -0.05) is 73.8 Å². The van der Waals surface area contributed by atoms with Gasteiger partial charge in [-0.05, 0) is 0 Å². The predicted octanol–water partition coefficient (Wildman–Crippen LogP) is 4.24. The number of hydrogen-bond donors (Lipinski definition) is 0. The first kappa shape index (κ1) is 15.0. The topological polar surface area (TPSA) is 36.9 Å². The molecule has 4 atom stereocenters. The first-order valence-electron chi connectivity index (χ1n) is 7.84. The van der Waals surface area contributed by atoms with Gasteiger partial charge in [0, 0.05) is 11.1 Å². The SMILES string of the molecule is C=C1OC(c2ccccc2)OC2C(=C)OC(c3ccccc3)OC12. The van der Waals surface area contributed by atoms with Gasteiger partial charge in [-0.2, -0.15) is 0 Å². The molecule has 24 heavy (non-hydrogen) atoms. The van der Waals surface area contributed by atoms with Crippen LogP contribution in [0.1, 0.15) is 23.7 Å². The van der Waals surface area contributed by atoms with Crippen LogP contribution in [0.15, 0.2) is 85.3 Å². The quantitative estimate of drug-likeness (QED) is 0.828. The molecule has 0 aliphatic carbocycles. The lowest BCUT2D eigenvalue weighted by atomic mass is 10.1. The highest BCUT2D eigenvalue weighted by molar-refractivity contribution is 5.23. The van der Waals surface area contributed by atoms with Crippen molar-refractivity contribution in [3.05, 3.63) is 96.5 Å². The maximum Gasteiger partial charge on any atom is 0.227 e. The maximum atomic E-state index is 6.01. The standard InChI is InChI=1S/C20H18O4/c1-13-17-18(24-19(21-13)15-9-5-3-6-10-15)14(2)22-20(23-17)16-11-7-4-8-12-16/h3-12,17-20H,1-2H2. The van der Waals surface area contributed by atoms with Crippen LogP contribution < -0.4 is 0 Å². The lowest BCUT2D eigenvalue weighted by Gasteiger charge is -2.43. The molecule has 4 nitrogen and oxygen atoms in total. The van der Waals surface area contributed by atoms with Gasteiger partial charge in [0.15, 0.2) is 12.2 Å². The molecule has 2 aliphatic heterocycles. The van der Waals surface area contributed by atoms with Crippen LogP contribution in [0, 0.1) is 0 Å². The van der Waals surface area contributed by atoms with Crippen molar-refractivity contribution in [2.45, 2.75) is 24.8 Å². The Balaban J connectivity index is 1.56. The fourth-order valence-corrected chi connectivity index (χ4v) is 2.88. The van der Waals surface area contributed by atoms with Crippen LogP contribution in [0.5, 0.6) is 0 Å². The molecular formula is C20H18O4. The van der Waals surface area contributed by atoms with Crippen molar-refractivity contribution in [2.75, 3.05) is 0 Å². The molecule has 2 fully saturated rings. The molecule has 2 heterocycles. The average Bonchev–Trinajstić information content (AvgIpc) is 2.63. The van der Waals surface area contributed by atoms with E-state index >= 15 is 0 Å². The van der Waals surface area contributed by atoms with Gasteiger partial charge in [-0.25, -0.2) is 0 Å². The van der Waals surface area contributed by atoms with Crippen LogP contribution in [-0.2, 0) is 18.9 Å². The van der Waals surface area contributed by atoms with Gasteiger partial charge in [-0.3, -0.25) is 0 Å². The zero-order valence-electron chi connectivity index (χ0n) is 13.1. The summed E-state index contributed by atoms with van der Waals surface area (Å²) in [7, 11) is 0. The highest BCUT2D eigenvalue weighted by Crippen LogP contribution is 2.42. The zero-order chi connectivity index (χ0) is 16.5. The van der Waals surface area contributed by atoms with Crippen LogP contribution in [0.25, 0.3) is 0 Å². The number of benzene rings is 2. The van der Waals surface area contributed by atoms with E-state index in [0.29, 0.717) is 11.5 Å². The van der Waals surface area contributed by atoms with Gasteiger partial charge in [0.25, 0.3) is 0 Å². The number of hydrogen-bond acceptors (Lipinski definition) is 4. The van der Waals surface area contributed by atoms with E-state index in [1.165, 1.54) is 0 Å². The lowest BCUT2D eigenvalue weighted by Crippen LogP contribution is -2.46. The van der Waals surface area contributed by atoms with Gasteiger partial charge in [-0.15, -0.1) is 0 Å². The average molecular weight is 322 g/mol. The van der Waals surface area contributed by atoms with Crippen molar-refractivity contribution < 1.29 is 18.9 Å². The smallest absolute Gasteiger partial charge is 0.227 e. The second-order valence-corrected chi connectivity index (χ2v) is 5.77. The zero-order valence-corrected chi connectivity index (χ0v) is 13.1. The fourth-order valence-electron chi connectivity index (χ4n) is 2.88. The molecule has 122 valence electrons. The Morgan fingerprint density at radius 3 is 1.33 bits per heavy atom. The molecule has 4 rings (SSSR count). The van der Waals surface area contributed by atoms with Crippen molar-refractivity contribution in [3.8, 4) is 0 Å². The maximum absolute atomic E-state index is 6.01. The summed E-state index contributed by atoms with van der Waals surface area (Å²) in [6, 6.07) is 19.4. The van der Waals surface area contributed by atoms with E-state index in [4.69, 9.17) is 18.9 Å². The van der Waals surface area contributed by atoms with E-state index in [1.54, 1.807) is 0 Å². The van der Waals surface area contributed by atoms with Gasteiger partial charge < -0.3 is 18.9 Å². The Morgan fingerprint density at radius 2 is 0.958 bits per heavy atom. The summed E-state index contributed by atoms with van der Waals surface area (Å²) < 4.78 is 23.7. The molecule has 2 saturated heterocycles. The summed E-state index contributed by atoms with van der Waals surface area (Å²) in [4.78, 5) is 0. The van der Waals surface area contributed by atoms with Crippen molar-refractivity contribution in [1.82, 2.24) is 0 Å². The minimum atomic E-state index is -0.544. The van der Waals surface area contributed by atoms with Crippen molar-refractivity contribution in [2.24, 2.45) is 0 Å². The van der Waals surface area contributed by atoms with E-state index in [9.17, 15) is 0 Å². The summed E-state index contributed by atoms with van der Waals surface area (Å²) in [5, 5.41) is 0. The first-order chi connectivity index (χ1) is 11.7. The Morgan fingerprint density at radius 1 is 0.583 bits per heavy atom. The number of rotatable bonds is 2. The molecule has 0 spiro atoms. The summed E-state index contributed by atoms with van der Waals surface area (Å²) >= 11 is 0. The van der Waals surface area contributed by atoms with Crippen LogP contribution in [0.3, 0.4) is 0 Å². The third kappa shape index (κ3) is 2.70. The van der Waals surface area contributed by atoms with Crippen molar-refractivity contribution in [3.63, 3.8) is 0 Å². The molecule has 0 saturated carbocycles. The third-order valence-corrected chi connectivity index (χ3v) is 4.11. The summed E-state index contributed by atoms with van der Waals surface area (Å²) in [5.41, 5.74) is 1.82. The van der Waals surface area contributed by atoms with Crippen LogP contribution >= 0.6 is 0 Å². The monoisotopic (exact) mass is 322 g/mol. The Hall–Kier alpha value is -2.56. The third-order valence-electron chi connectivity index (χ3n) is 4.11. The second-order valence-electron chi connectivity index (χ2n) is 5.77. The Labute approximate surface area is 140 Å². The largest absolute Gasteiger partial charge is 0.463 e. The number of fused-ring (bicyclic) bond motifs is 1. The Bertz CT molecular complexity index is 675. The van der Waals surface area contributed by atoms with Crippen LogP contribution in [-0.4, -0.2) is 12.2 Å². The summed E-state index contributed by atoms with van der Waals surface area (Å²) in [6.07, 6.45) is -1.98. The van der Waals surface area contributed by atoms with Crippen LogP contribution in [0.4, 0.5) is 0 Å². The Kier molecular flexibility index (Phi) is 3.84. The van der Waals surface area contributed by atoms with E-state index in [-0.39, 0.29) is 0 Å². The van der Waals surface area contributed by atoms with Gasteiger partial charge in [0.2, 0.25) is 12.6 Å². The molecule has 4 unspecified atom stereocenters. The van der Waals surface area contributed by atoms with E-state index < -0.39 is 24.8 Å². The first-order valence-corrected chi connectivity index (χ1v) is 7.84. The molecule has 0 aromatic heterocycles. The fraction of sp³-hybridized carbons (Fsp3) is 0.200. The van der Waals surface area contributed by atoms with E-state index in [1.807, 2.05) is 60.7 Å². The molecule has 2 aliphatic rings. The van der Waals surface area contributed by atoms with Gasteiger partial charge in [0.1, 0.15) is 11.5 Å². The number of ether oxygens (including phenoxy) is 4. The van der Waals surface area contributed by atoms with Crippen LogP contribution in [0.2, 0.25) is 0 Å². The molecule has 2 aromatic carbocycles. The summed E-state index contributed by atoms with van der Waals surface area (Å²) in [6.45, 7) is 8.03. The van der Waals surface area contributed by atoms with Crippen molar-refractivity contribution in [1.29, 1.82) is 0 Å². The van der Waals surface area contributed by atoms with Gasteiger partial charge >= 0.3 is 0 Å². The van der Waals surface area contributed by atoms with E-state index in [0.717, 1.165) is 11.1 Å². The normalized spacial score (nSPS) is 29.3. The molecule has 0 radical (unpaired) electrons. The van der Waals surface area contributed by atoms with E-state index in [2.05, 4.69) is 13.2 Å². The minimum absolute atomic E-state index is 0.448.